The van der Waals surface area contributed by atoms with Crippen LogP contribution in [0, 0.1) is 10.8 Å². The third kappa shape index (κ3) is 1.79. The first kappa shape index (κ1) is 10.4. The van der Waals surface area contributed by atoms with Gasteiger partial charge in [0.05, 0.1) is 0 Å². The Morgan fingerprint density at radius 3 is 2.31 bits per heavy atom. The van der Waals surface area contributed by atoms with Crippen LogP contribution in [0.1, 0.15) is 41.0 Å². The molecule has 0 bridgehead atoms. The van der Waals surface area contributed by atoms with Crippen LogP contribution in [0.5, 0.6) is 0 Å². The zero-order chi connectivity index (χ0) is 10.3. The lowest BCUT2D eigenvalue weighted by atomic mass is 9.64. The van der Waals surface area contributed by atoms with Crippen LogP contribution >= 0.6 is 0 Å². The Morgan fingerprint density at radius 1 is 1.38 bits per heavy atom. The standard InChI is InChI=1S/C12H20O/c1-9-8-12(5,11(2,3)4)7-6-10(9)13/h6,8,13H,7H2,1-5H3. The van der Waals surface area contributed by atoms with Crippen molar-refractivity contribution in [3.8, 4) is 0 Å². The van der Waals surface area contributed by atoms with Gasteiger partial charge in [-0.05, 0) is 35.8 Å². The van der Waals surface area contributed by atoms with E-state index in [2.05, 4.69) is 33.8 Å². The largest absolute Gasteiger partial charge is 0.508 e. The molecular formula is C12H20O. The molecular weight excluding hydrogens is 160 g/mol. The summed E-state index contributed by atoms with van der Waals surface area (Å²) in [6.07, 6.45) is 5.06. The van der Waals surface area contributed by atoms with Gasteiger partial charge in [0, 0.05) is 0 Å². The molecule has 1 heteroatoms. The Labute approximate surface area is 81.2 Å². The van der Waals surface area contributed by atoms with Crippen molar-refractivity contribution >= 4 is 0 Å². The Morgan fingerprint density at radius 2 is 1.92 bits per heavy atom. The lowest BCUT2D eigenvalue weighted by Gasteiger charge is -2.41. The molecule has 0 fully saturated rings. The SMILES string of the molecule is CC1=CC(C)(C(C)(C)C)CC=C1O. The highest BCUT2D eigenvalue weighted by molar-refractivity contribution is 5.30. The molecule has 0 aliphatic heterocycles. The molecule has 1 unspecified atom stereocenters. The van der Waals surface area contributed by atoms with Crippen LogP contribution in [0.15, 0.2) is 23.5 Å². The smallest absolute Gasteiger partial charge is 0.114 e. The molecule has 1 rings (SSSR count). The molecule has 0 heterocycles. The monoisotopic (exact) mass is 180 g/mol. The van der Waals surface area contributed by atoms with Crippen molar-refractivity contribution in [2.24, 2.45) is 10.8 Å². The van der Waals surface area contributed by atoms with Crippen LogP contribution in [0.2, 0.25) is 0 Å². The summed E-state index contributed by atoms with van der Waals surface area (Å²) in [5.74, 6) is 0.446. The summed E-state index contributed by atoms with van der Waals surface area (Å²) in [4.78, 5) is 0. The fourth-order valence-corrected chi connectivity index (χ4v) is 1.60. The van der Waals surface area contributed by atoms with E-state index in [1.54, 1.807) is 0 Å². The van der Waals surface area contributed by atoms with Gasteiger partial charge < -0.3 is 5.11 Å². The first-order chi connectivity index (χ1) is 5.76. The van der Waals surface area contributed by atoms with Crippen LogP contribution in [-0.4, -0.2) is 5.11 Å². The highest BCUT2D eigenvalue weighted by Gasteiger charge is 2.36. The molecule has 1 aliphatic carbocycles. The number of allylic oxidation sites excluding steroid dienone is 3. The molecule has 0 spiro atoms. The Balaban J connectivity index is 3.01. The van der Waals surface area contributed by atoms with Gasteiger partial charge in [-0.2, -0.15) is 0 Å². The van der Waals surface area contributed by atoms with E-state index in [1.807, 2.05) is 13.0 Å². The van der Waals surface area contributed by atoms with E-state index in [4.69, 9.17) is 0 Å². The van der Waals surface area contributed by atoms with Crippen LogP contribution in [0.25, 0.3) is 0 Å². The molecule has 0 aromatic rings. The van der Waals surface area contributed by atoms with Crippen LogP contribution in [-0.2, 0) is 0 Å². The first-order valence-electron chi connectivity index (χ1n) is 4.85. The number of hydrogen-bond donors (Lipinski definition) is 1. The van der Waals surface area contributed by atoms with Gasteiger partial charge in [0.15, 0.2) is 0 Å². The maximum atomic E-state index is 9.47. The van der Waals surface area contributed by atoms with Crippen molar-refractivity contribution < 1.29 is 5.11 Å². The van der Waals surface area contributed by atoms with Crippen molar-refractivity contribution in [1.82, 2.24) is 0 Å². The molecule has 0 saturated carbocycles. The van der Waals surface area contributed by atoms with E-state index in [1.165, 1.54) is 0 Å². The zero-order valence-electron chi connectivity index (χ0n) is 9.31. The highest BCUT2D eigenvalue weighted by atomic mass is 16.3. The average molecular weight is 180 g/mol. The minimum absolute atomic E-state index is 0.170. The molecule has 0 aromatic carbocycles. The summed E-state index contributed by atoms with van der Waals surface area (Å²) in [7, 11) is 0. The lowest BCUT2D eigenvalue weighted by Crippen LogP contribution is -2.32. The molecule has 0 saturated heterocycles. The van der Waals surface area contributed by atoms with Crippen molar-refractivity contribution in [1.29, 1.82) is 0 Å². The van der Waals surface area contributed by atoms with Crippen molar-refractivity contribution in [2.45, 2.75) is 41.0 Å². The topological polar surface area (TPSA) is 20.2 Å². The molecule has 0 aromatic heterocycles. The number of aliphatic hydroxyl groups excluding tert-OH is 1. The van der Waals surface area contributed by atoms with Crippen molar-refractivity contribution in [3.05, 3.63) is 23.5 Å². The maximum absolute atomic E-state index is 9.47. The summed E-state index contributed by atoms with van der Waals surface area (Å²) in [5, 5.41) is 9.47. The molecule has 0 amide bonds. The second kappa shape index (κ2) is 2.90. The minimum Gasteiger partial charge on any atom is -0.508 e. The minimum atomic E-state index is 0.170. The van der Waals surface area contributed by atoms with Gasteiger partial charge in [-0.15, -0.1) is 0 Å². The van der Waals surface area contributed by atoms with Gasteiger partial charge in [0.1, 0.15) is 5.76 Å². The molecule has 13 heavy (non-hydrogen) atoms. The normalized spacial score (nSPS) is 29.6. The fraction of sp³-hybridized carbons (Fsp3) is 0.667. The van der Waals surface area contributed by atoms with E-state index < -0.39 is 0 Å². The van der Waals surface area contributed by atoms with Crippen molar-refractivity contribution in [2.75, 3.05) is 0 Å². The second-order valence-electron chi connectivity index (χ2n) is 5.29. The summed E-state index contributed by atoms with van der Waals surface area (Å²) in [6.45, 7) is 10.9. The van der Waals surface area contributed by atoms with Gasteiger partial charge in [-0.1, -0.05) is 33.8 Å². The lowest BCUT2D eigenvalue weighted by molar-refractivity contribution is 0.165. The maximum Gasteiger partial charge on any atom is 0.114 e. The summed E-state index contributed by atoms with van der Waals surface area (Å²) in [6, 6.07) is 0. The predicted molar refractivity (Wildman–Crippen MR) is 56.6 cm³/mol. The van der Waals surface area contributed by atoms with Crippen LogP contribution in [0.4, 0.5) is 0 Å². The van der Waals surface area contributed by atoms with E-state index in [-0.39, 0.29) is 10.8 Å². The first-order valence-corrected chi connectivity index (χ1v) is 4.85. The number of rotatable bonds is 0. The van der Waals surface area contributed by atoms with Gasteiger partial charge in [0.25, 0.3) is 0 Å². The molecule has 1 nitrogen and oxygen atoms in total. The predicted octanol–water partition coefficient (Wildman–Crippen LogP) is 3.83. The van der Waals surface area contributed by atoms with E-state index >= 15 is 0 Å². The molecule has 1 atom stereocenters. The van der Waals surface area contributed by atoms with Gasteiger partial charge in [-0.3, -0.25) is 0 Å². The van der Waals surface area contributed by atoms with Crippen LogP contribution in [0.3, 0.4) is 0 Å². The number of aliphatic hydroxyl groups is 1. The Kier molecular flexibility index (Phi) is 2.31. The fourth-order valence-electron chi connectivity index (χ4n) is 1.60. The molecule has 1 aliphatic rings. The van der Waals surface area contributed by atoms with Crippen molar-refractivity contribution in [3.63, 3.8) is 0 Å². The quantitative estimate of drug-likeness (QED) is 0.600. The molecule has 1 N–H and O–H groups in total. The van der Waals surface area contributed by atoms with E-state index in [9.17, 15) is 5.11 Å². The molecule has 74 valence electrons. The van der Waals surface area contributed by atoms with E-state index in [0.29, 0.717) is 5.76 Å². The summed E-state index contributed by atoms with van der Waals surface area (Å²) < 4.78 is 0. The van der Waals surface area contributed by atoms with Gasteiger partial charge >= 0.3 is 0 Å². The molecule has 0 radical (unpaired) electrons. The van der Waals surface area contributed by atoms with Crippen LogP contribution < -0.4 is 0 Å². The summed E-state index contributed by atoms with van der Waals surface area (Å²) >= 11 is 0. The third-order valence-corrected chi connectivity index (χ3v) is 3.37. The summed E-state index contributed by atoms with van der Waals surface area (Å²) in [5.41, 5.74) is 1.41. The average Bonchev–Trinajstić information content (AvgIpc) is 1.95. The van der Waals surface area contributed by atoms with Gasteiger partial charge in [-0.25, -0.2) is 0 Å². The Hall–Kier alpha value is -0.720. The number of hydrogen-bond acceptors (Lipinski definition) is 1. The Bertz CT molecular complexity index is 265. The second-order valence-corrected chi connectivity index (χ2v) is 5.29. The van der Waals surface area contributed by atoms with Gasteiger partial charge in [0.2, 0.25) is 0 Å². The van der Waals surface area contributed by atoms with E-state index in [0.717, 1.165) is 12.0 Å². The third-order valence-electron chi connectivity index (χ3n) is 3.37. The highest BCUT2D eigenvalue weighted by Crippen LogP contribution is 2.46. The zero-order valence-corrected chi connectivity index (χ0v) is 9.31.